The summed E-state index contributed by atoms with van der Waals surface area (Å²) in [5.41, 5.74) is 2.49. The van der Waals surface area contributed by atoms with E-state index in [9.17, 15) is 9.59 Å². The Morgan fingerprint density at radius 3 is 2.67 bits per heavy atom. The maximum atomic E-state index is 13.3. The van der Waals surface area contributed by atoms with E-state index in [0.29, 0.717) is 29.2 Å². The van der Waals surface area contributed by atoms with Crippen LogP contribution in [0.25, 0.3) is 16.6 Å². The molecule has 0 atom stereocenters. The van der Waals surface area contributed by atoms with Crippen LogP contribution in [0.3, 0.4) is 0 Å². The monoisotopic (exact) mass is 425 g/mol. The Morgan fingerprint density at radius 2 is 1.93 bits per heavy atom. The summed E-state index contributed by atoms with van der Waals surface area (Å²) < 4.78 is 6.55. The van der Waals surface area contributed by atoms with E-state index in [0.717, 1.165) is 24.9 Å². The first kappa shape index (κ1) is 22.1. The van der Waals surface area contributed by atoms with Crippen LogP contribution in [0.2, 0.25) is 0 Å². The lowest BCUT2D eigenvalue weighted by atomic mass is 10.1. The first-order valence-corrected chi connectivity index (χ1v) is 11.1. The van der Waals surface area contributed by atoms with Crippen LogP contribution in [0.4, 0.5) is 0 Å². The van der Waals surface area contributed by atoms with Gasteiger partial charge in [-0.05, 0) is 42.7 Å². The molecule has 30 heavy (non-hydrogen) atoms. The number of fused-ring (bicyclic) bond motifs is 1. The van der Waals surface area contributed by atoms with Crippen molar-refractivity contribution in [3.8, 4) is 5.69 Å². The van der Waals surface area contributed by atoms with Crippen LogP contribution in [0, 0.1) is 0 Å². The van der Waals surface area contributed by atoms with Crippen LogP contribution in [0.15, 0.2) is 58.5 Å². The number of aromatic nitrogens is 2. The normalized spacial score (nSPS) is 11.0. The molecule has 0 bridgehead atoms. The summed E-state index contributed by atoms with van der Waals surface area (Å²) in [4.78, 5) is 30.1. The number of hydrogen-bond acceptors (Lipinski definition) is 5. The summed E-state index contributed by atoms with van der Waals surface area (Å²) in [7, 11) is 1.59. The number of nitrogens with zero attached hydrogens (tertiary/aromatic N) is 2. The molecule has 0 unspecified atom stereocenters. The highest BCUT2D eigenvalue weighted by atomic mass is 32.2. The number of thioether (sulfide) groups is 1. The molecule has 1 amide bonds. The minimum atomic E-state index is -0.135. The molecule has 0 fully saturated rings. The second kappa shape index (κ2) is 10.9. The molecule has 1 heterocycles. The molecule has 1 N–H and O–H groups in total. The number of carbonyl (C=O) groups excluding carboxylic acids is 1. The van der Waals surface area contributed by atoms with E-state index in [2.05, 4.69) is 29.4 Å². The zero-order chi connectivity index (χ0) is 21.3. The third-order valence-electron chi connectivity index (χ3n) is 4.72. The summed E-state index contributed by atoms with van der Waals surface area (Å²) in [5, 5.41) is 3.85. The van der Waals surface area contributed by atoms with E-state index >= 15 is 0 Å². The maximum Gasteiger partial charge on any atom is 0.266 e. The standard InChI is InChI=1S/C23H27N3O3S/c1-3-4-7-17-10-12-18(13-11-17)26-22(28)19-8-5-6-9-20(19)25-23(26)30-16-21(27)24-14-15-29-2/h5-6,8-13H,3-4,7,14-16H2,1-2H3,(H,24,27). The lowest BCUT2D eigenvalue weighted by Crippen LogP contribution is -2.29. The fourth-order valence-electron chi connectivity index (χ4n) is 3.10. The van der Waals surface area contributed by atoms with Crippen molar-refractivity contribution in [3.63, 3.8) is 0 Å². The van der Waals surface area contributed by atoms with Gasteiger partial charge in [-0.25, -0.2) is 4.98 Å². The van der Waals surface area contributed by atoms with Gasteiger partial charge in [-0.15, -0.1) is 0 Å². The Labute approximate surface area is 180 Å². The summed E-state index contributed by atoms with van der Waals surface area (Å²) >= 11 is 1.25. The Hall–Kier alpha value is -2.64. The molecule has 2 aromatic carbocycles. The van der Waals surface area contributed by atoms with Gasteiger partial charge in [0.2, 0.25) is 5.91 Å². The number of carbonyl (C=O) groups is 1. The van der Waals surface area contributed by atoms with E-state index in [1.807, 2.05) is 30.3 Å². The highest BCUT2D eigenvalue weighted by Crippen LogP contribution is 2.22. The predicted octanol–water partition coefficient (Wildman–Crippen LogP) is 3.58. The fourth-order valence-corrected chi connectivity index (χ4v) is 3.95. The maximum absolute atomic E-state index is 13.3. The molecular formula is C23H27N3O3S. The van der Waals surface area contributed by atoms with Crippen LogP contribution in [-0.4, -0.2) is 41.5 Å². The number of amides is 1. The average Bonchev–Trinajstić information content (AvgIpc) is 2.77. The summed E-state index contributed by atoms with van der Waals surface area (Å²) in [6.07, 6.45) is 3.30. The molecule has 3 rings (SSSR count). The van der Waals surface area contributed by atoms with Crippen LogP contribution in [0.1, 0.15) is 25.3 Å². The third kappa shape index (κ3) is 5.49. The quantitative estimate of drug-likeness (QED) is 0.305. The van der Waals surface area contributed by atoms with Gasteiger partial charge in [0.25, 0.3) is 5.56 Å². The molecule has 0 aliphatic carbocycles. The molecule has 1 aromatic heterocycles. The summed E-state index contributed by atoms with van der Waals surface area (Å²) in [6.45, 7) is 3.08. The van der Waals surface area contributed by atoms with Crippen molar-refractivity contribution in [2.45, 2.75) is 31.3 Å². The van der Waals surface area contributed by atoms with Gasteiger partial charge in [-0.3, -0.25) is 14.2 Å². The topological polar surface area (TPSA) is 73.2 Å². The van der Waals surface area contributed by atoms with Crippen molar-refractivity contribution in [1.82, 2.24) is 14.9 Å². The highest BCUT2D eigenvalue weighted by Gasteiger charge is 2.14. The molecule has 0 saturated heterocycles. The number of unbranched alkanes of at least 4 members (excludes halogenated alkanes) is 1. The van der Waals surface area contributed by atoms with Gasteiger partial charge in [0.1, 0.15) is 0 Å². The van der Waals surface area contributed by atoms with E-state index in [-0.39, 0.29) is 17.2 Å². The number of rotatable bonds is 10. The van der Waals surface area contributed by atoms with Crippen molar-refractivity contribution in [3.05, 3.63) is 64.4 Å². The van der Waals surface area contributed by atoms with Crippen molar-refractivity contribution in [2.75, 3.05) is 26.0 Å². The van der Waals surface area contributed by atoms with E-state index < -0.39 is 0 Å². The minimum Gasteiger partial charge on any atom is -0.383 e. The van der Waals surface area contributed by atoms with Crippen molar-refractivity contribution in [1.29, 1.82) is 0 Å². The van der Waals surface area contributed by atoms with E-state index in [4.69, 9.17) is 4.74 Å². The average molecular weight is 426 g/mol. The van der Waals surface area contributed by atoms with Gasteiger partial charge >= 0.3 is 0 Å². The molecule has 0 spiro atoms. The molecule has 0 aliphatic rings. The molecule has 7 heteroatoms. The van der Waals surface area contributed by atoms with E-state index in [1.54, 1.807) is 17.7 Å². The Bertz CT molecular complexity index is 1050. The van der Waals surface area contributed by atoms with Crippen molar-refractivity contribution in [2.24, 2.45) is 0 Å². The minimum absolute atomic E-state index is 0.124. The second-order valence-electron chi connectivity index (χ2n) is 6.95. The Balaban J connectivity index is 1.93. The zero-order valence-corrected chi connectivity index (χ0v) is 18.2. The number of aryl methyl sites for hydroxylation is 1. The van der Waals surface area contributed by atoms with Crippen LogP contribution in [0.5, 0.6) is 0 Å². The molecule has 3 aromatic rings. The molecule has 0 radical (unpaired) electrons. The molecule has 158 valence electrons. The van der Waals surface area contributed by atoms with Gasteiger partial charge in [0.15, 0.2) is 5.16 Å². The molecular weight excluding hydrogens is 398 g/mol. The van der Waals surface area contributed by atoms with Gasteiger partial charge in [-0.2, -0.15) is 0 Å². The number of benzene rings is 2. The predicted molar refractivity (Wildman–Crippen MR) is 122 cm³/mol. The molecule has 6 nitrogen and oxygen atoms in total. The Kier molecular flexibility index (Phi) is 8.04. The smallest absolute Gasteiger partial charge is 0.266 e. The lowest BCUT2D eigenvalue weighted by molar-refractivity contribution is -0.118. The molecule has 0 saturated carbocycles. The first-order valence-electron chi connectivity index (χ1n) is 10.1. The van der Waals surface area contributed by atoms with Crippen molar-refractivity contribution < 1.29 is 9.53 Å². The highest BCUT2D eigenvalue weighted by molar-refractivity contribution is 7.99. The van der Waals surface area contributed by atoms with Gasteiger partial charge in [0, 0.05) is 13.7 Å². The Morgan fingerprint density at radius 1 is 1.17 bits per heavy atom. The van der Waals surface area contributed by atoms with Crippen molar-refractivity contribution >= 4 is 28.6 Å². The second-order valence-corrected chi connectivity index (χ2v) is 7.90. The largest absolute Gasteiger partial charge is 0.383 e. The van der Waals surface area contributed by atoms with Crippen LogP contribution >= 0.6 is 11.8 Å². The summed E-state index contributed by atoms with van der Waals surface area (Å²) in [5.74, 6) is 0.0456. The van der Waals surface area contributed by atoms with Gasteiger partial charge in [0.05, 0.1) is 29.0 Å². The lowest BCUT2D eigenvalue weighted by Gasteiger charge is -2.14. The van der Waals surface area contributed by atoms with Crippen LogP contribution in [-0.2, 0) is 16.0 Å². The zero-order valence-electron chi connectivity index (χ0n) is 17.4. The fraction of sp³-hybridized carbons (Fsp3) is 0.348. The van der Waals surface area contributed by atoms with Crippen LogP contribution < -0.4 is 10.9 Å². The third-order valence-corrected chi connectivity index (χ3v) is 5.66. The SMILES string of the molecule is CCCCc1ccc(-n2c(SCC(=O)NCCOC)nc3ccccc3c2=O)cc1. The number of ether oxygens (including phenoxy) is 1. The summed E-state index contributed by atoms with van der Waals surface area (Å²) in [6, 6.07) is 15.3. The number of hydrogen-bond donors (Lipinski definition) is 1. The van der Waals surface area contributed by atoms with Gasteiger partial charge in [-0.1, -0.05) is 49.4 Å². The molecule has 0 aliphatic heterocycles. The number of nitrogens with one attached hydrogen (secondary N) is 1. The van der Waals surface area contributed by atoms with E-state index in [1.165, 1.54) is 17.3 Å². The number of para-hydroxylation sites is 1. The first-order chi connectivity index (χ1) is 14.6. The number of methoxy groups -OCH3 is 1. The van der Waals surface area contributed by atoms with Gasteiger partial charge < -0.3 is 10.1 Å².